The molecule has 156 valence electrons. The van der Waals surface area contributed by atoms with Gasteiger partial charge in [-0.1, -0.05) is 37.6 Å². The number of methoxy groups -OCH3 is 1. The van der Waals surface area contributed by atoms with E-state index in [1.165, 1.54) is 5.57 Å². The third kappa shape index (κ3) is 2.78. The number of benzene rings is 1. The first kappa shape index (κ1) is 19.5. The maximum absolute atomic E-state index is 13.5. The molecular weight excluding hydrogens is 372 g/mol. The molecule has 0 unspecified atom stereocenters. The third-order valence-corrected chi connectivity index (χ3v) is 8.65. The minimum Gasteiger partial charge on any atom is -0.497 e. The highest BCUT2D eigenvalue weighted by Crippen LogP contribution is 2.64. The molecule has 0 bridgehead atoms. The molecule has 3 saturated carbocycles. The summed E-state index contributed by atoms with van der Waals surface area (Å²) in [7, 11) is 1.67. The van der Waals surface area contributed by atoms with E-state index in [2.05, 4.69) is 26.0 Å². The molecule has 1 aromatic rings. The Morgan fingerprint density at radius 2 is 1.83 bits per heavy atom. The van der Waals surface area contributed by atoms with Gasteiger partial charge in [-0.3, -0.25) is 9.59 Å². The summed E-state index contributed by atoms with van der Waals surface area (Å²) in [5, 5.41) is 0. The predicted molar refractivity (Wildman–Crippen MR) is 118 cm³/mol. The Balaban J connectivity index is 1.46. The Morgan fingerprint density at radius 3 is 2.57 bits per heavy atom. The zero-order chi connectivity index (χ0) is 21.1. The van der Waals surface area contributed by atoms with Crippen LogP contribution in [0.3, 0.4) is 0 Å². The molecule has 0 heterocycles. The minimum absolute atomic E-state index is 0.0242. The van der Waals surface area contributed by atoms with Crippen LogP contribution in [0.25, 0.3) is 6.08 Å². The van der Waals surface area contributed by atoms with Gasteiger partial charge in [0.2, 0.25) is 0 Å². The number of ketones is 2. The van der Waals surface area contributed by atoms with Gasteiger partial charge < -0.3 is 4.74 Å². The van der Waals surface area contributed by atoms with E-state index >= 15 is 0 Å². The standard InChI is InChI=1S/C27H30O3/c1-26-12-10-20(28)16-19(26)6-9-22-23(26)11-13-27(2)24(22)15-18(25(27)29)14-17-4-7-21(30-3)8-5-17/h4-5,7-8,10,12,14,16,22-24H,6,9,11,13,15H2,1-3H3/t22-,23+,24+,26+,27+/m1/s1. The fourth-order valence-electron chi connectivity index (χ4n) is 6.90. The number of Topliss-reactive ketones (excluding diaryl/α,β-unsaturated/α-hetero) is 1. The lowest BCUT2D eigenvalue weighted by Crippen LogP contribution is -2.49. The van der Waals surface area contributed by atoms with Crippen molar-refractivity contribution in [3.8, 4) is 5.75 Å². The van der Waals surface area contributed by atoms with Gasteiger partial charge in [-0.05, 0) is 91.4 Å². The van der Waals surface area contributed by atoms with Crippen LogP contribution in [-0.4, -0.2) is 18.7 Å². The van der Waals surface area contributed by atoms with Crippen molar-refractivity contribution in [3.05, 3.63) is 59.2 Å². The van der Waals surface area contributed by atoms with Crippen molar-refractivity contribution in [2.45, 2.75) is 46.0 Å². The van der Waals surface area contributed by atoms with Crippen molar-refractivity contribution in [1.29, 1.82) is 0 Å². The van der Waals surface area contributed by atoms with Crippen molar-refractivity contribution >= 4 is 17.6 Å². The molecule has 4 aliphatic carbocycles. The van der Waals surface area contributed by atoms with Gasteiger partial charge >= 0.3 is 0 Å². The molecule has 0 aromatic heterocycles. The zero-order valence-electron chi connectivity index (χ0n) is 18.1. The average molecular weight is 403 g/mol. The average Bonchev–Trinajstić information content (AvgIpc) is 3.00. The summed E-state index contributed by atoms with van der Waals surface area (Å²) in [5.74, 6) is 2.77. The first-order valence-corrected chi connectivity index (χ1v) is 11.2. The molecule has 3 heteroatoms. The molecule has 3 nitrogen and oxygen atoms in total. The van der Waals surface area contributed by atoms with Crippen LogP contribution in [0.1, 0.15) is 51.5 Å². The molecule has 0 aliphatic heterocycles. The Morgan fingerprint density at radius 1 is 1.07 bits per heavy atom. The summed E-state index contributed by atoms with van der Waals surface area (Å²) in [6.45, 7) is 4.52. The van der Waals surface area contributed by atoms with Crippen LogP contribution in [-0.2, 0) is 9.59 Å². The van der Waals surface area contributed by atoms with Crippen molar-refractivity contribution in [2.75, 3.05) is 7.11 Å². The van der Waals surface area contributed by atoms with Gasteiger partial charge in [0.25, 0.3) is 0 Å². The van der Waals surface area contributed by atoms with Crippen molar-refractivity contribution in [2.24, 2.45) is 28.6 Å². The number of hydrogen-bond donors (Lipinski definition) is 0. The monoisotopic (exact) mass is 402 g/mol. The number of rotatable bonds is 2. The molecule has 0 saturated heterocycles. The highest BCUT2D eigenvalue weighted by atomic mass is 16.5. The molecule has 0 radical (unpaired) electrons. The largest absolute Gasteiger partial charge is 0.497 e. The van der Waals surface area contributed by atoms with Gasteiger partial charge in [0.05, 0.1) is 7.11 Å². The lowest BCUT2D eigenvalue weighted by atomic mass is 9.48. The van der Waals surface area contributed by atoms with E-state index in [1.807, 2.05) is 30.3 Å². The molecular formula is C27H30O3. The summed E-state index contributed by atoms with van der Waals surface area (Å²) >= 11 is 0. The van der Waals surface area contributed by atoms with Crippen molar-refractivity contribution < 1.29 is 14.3 Å². The fraction of sp³-hybridized carbons (Fsp3) is 0.481. The van der Waals surface area contributed by atoms with Crippen LogP contribution in [0.2, 0.25) is 0 Å². The van der Waals surface area contributed by atoms with Crippen LogP contribution in [0, 0.1) is 28.6 Å². The number of carbonyl (C=O) groups is 2. The third-order valence-electron chi connectivity index (χ3n) is 8.65. The number of ether oxygens (including phenoxy) is 1. The van der Waals surface area contributed by atoms with E-state index in [9.17, 15) is 9.59 Å². The zero-order valence-corrected chi connectivity index (χ0v) is 18.1. The minimum atomic E-state index is -0.245. The highest BCUT2D eigenvalue weighted by Gasteiger charge is 2.59. The lowest BCUT2D eigenvalue weighted by molar-refractivity contribution is -0.129. The fourth-order valence-corrected chi connectivity index (χ4v) is 6.90. The molecule has 4 aliphatic rings. The number of carbonyl (C=O) groups excluding carboxylic acids is 2. The van der Waals surface area contributed by atoms with Gasteiger partial charge in [-0.25, -0.2) is 0 Å². The number of allylic oxidation sites excluding steroid dienone is 5. The second-order valence-corrected chi connectivity index (χ2v) is 10.0. The Labute approximate surface area is 178 Å². The van der Waals surface area contributed by atoms with Crippen LogP contribution in [0.4, 0.5) is 0 Å². The highest BCUT2D eigenvalue weighted by molar-refractivity contribution is 6.06. The first-order valence-electron chi connectivity index (χ1n) is 11.2. The van der Waals surface area contributed by atoms with Crippen LogP contribution >= 0.6 is 0 Å². The Bertz CT molecular complexity index is 995. The summed E-state index contributed by atoms with van der Waals surface area (Å²) in [6, 6.07) is 7.94. The second-order valence-electron chi connectivity index (χ2n) is 10.0. The van der Waals surface area contributed by atoms with E-state index in [4.69, 9.17) is 4.74 Å². The maximum atomic E-state index is 13.5. The van der Waals surface area contributed by atoms with Gasteiger partial charge in [0, 0.05) is 10.8 Å². The molecule has 1 aromatic carbocycles. The van der Waals surface area contributed by atoms with Gasteiger partial charge in [0.1, 0.15) is 5.75 Å². The predicted octanol–water partition coefficient (Wildman–Crippen LogP) is 5.57. The molecule has 5 rings (SSSR count). The summed E-state index contributed by atoms with van der Waals surface area (Å²) < 4.78 is 5.25. The maximum Gasteiger partial charge on any atom is 0.178 e. The SMILES string of the molecule is COc1ccc(C=C2C[C@H]3[C@@H]4CCC5=CC(=O)C=C[C@]5(C)[C@H]4CC[C@]3(C)C2=O)cc1. The van der Waals surface area contributed by atoms with Gasteiger partial charge in [0.15, 0.2) is 11.6 Å². The molecule has 5 atom stereocenters. The topological polar surface area (TPSA) is 43.4 Å². The molecule has 3 fully saturated rings. The summed E-state index contributed by atoms with van der Waals surface area (Å²) in [5.41, 5.74) is 3.08. The molecule has 0 spiro atoms. The second kappa shape index (κ2) is 6.80. The lowest BCUT2D eigenvalue weighted by Gasteiger charge is -2.55. The van der Waals surface area contributed by atoms with Crippen LogP contribution < -0.4 is 4.74 Å². The quantitative estimate of drug-likeness (QED) is 0.608. The van der Waals surface area contributed by atoms with E-state index in [0.717, 1.165) is 49.0 Å². The molecule has 0 amide bonds. The van der Waals surface area contributed by atoms with Crippen molar-refractivity contribution in [1.82, 2.24) is 0 Å². The van der Waals surface area contributed by atoms with E-state index in [-0.39, 0.29) is 16.6 Å². The summed E-state index contributed by atoms with van der Waals surface area (Å²) in [4.78, 5) is 25.4. The van der Waals surface area contributed by atoms with Gasteiger partial charge in [-0.2, -0.15) is 0 Å². The van der Waals surface area contributed by atoms with Crippen LogP contribution in [0.5, 0.6) is 5.75 Å². The molecule has 30 heavy (non-hydrogen) atoms. The van der Waals surface area contributed by atoms with E-state index in [1.54, 1.807) is 13.2 Å². The number of fused-ring (bicyclic) bond motifs is 5. The normalized spacial score (nSPS) is 38.7. The first-order chi connectivity index (χ1) is 14.3. The van der Waals surface area contributed by atoms with Gasteiger partial charge in [-0.15, -0.1) is 0 Å². The van der Waals surface area contributed by atoms with Crippen LogP contribution in [0.15, 0.2) is 53.6 Å². The Kier molecular flexibility index (Phi) is 4.43. The smallest absolute Gasteiger partial charge is 0.178 e. The van der Waals surface area contributed by atoms with Crippen molar-refractivity contribution in [3.63, 3.8) is 0 Å². The summed E-state index contributed by atoms with van der Waals surface area (Å²) in [6.07, 6.45) is 12.8. The molecule has 0 N–H and O–H groups in total. The van der Waals surface area contributed by atoms with E-state index < -0.39 is 0 Å². The van der Waals surface area contributed by atoms with E-state index in [0.29, 0.717) is 23.5 Å². The number of hydrogen-bond acceptors (Lipinski definition) is 3. The Hall–Kier alpha value is -2.42.